The fraction of sp³-hybridized carbons (Fsp3) is 1.00. The van der Waals surface area contributed by atoms with E-state index in [9.17, 15) is 0 Å². The lowest BCUT2D eigenvalue weighted by Gasteiger charge is -2.28. The van der Waals surface area contributed by atoms with Crippen molar-refractivity contribution in [1.82, 2.24) is 0 Å². The molecule has 41 heavy (non-hydrogen) atoms. The first-order valence-corrected chi connectivity index (χ1v) is 20.7. The SMILES string of the molecule is CCO[Si](CCCCCCCCCCCCCCCCCCCCCCCCCCCCCCO)(OCC)OCC. The molecule has 0 fully saturated rings. The highest BCUT2D eigenvalue weighted by atomic mass is 28.4. The molecule has 0 amide bonds. The maximum absolute atomic E-state index is 8.79. The van der Waals surface area contributed by atoms with Crippen LogP contribution < -0.4 is 0 Å². The Morgan fingerprint density at radius 3 is 0.707 bits per heavy atom. The van der Waals surface area contributed by atoms with Crippen molar-refractivity contribution in [3.05, 3.63) is 0 Å². The molecule has 1 N–H and O–H groups in total. The van der Waals surface area contributed by atoms with Crippen molar-refractivity contribution in [1.29, 1.82) is 0 Å². The molecule has 0 saturated carbocycles. The molecule has 0 aliphatic carbocycles. The first-order valence-electron chi connectivity index (χ1n) is 18.8. The van der Waals surface area contributed by atoms with E-state index in [1.165, 1.54) is 173 Å². The first kappa shape index (κ1) is 41.1. The second-order valence-electron chi connectivity index (χ2n) is 12.4. The smallest absolute Gasteiger partial charge is 0.396 e. The number of unbranched alkanes of at least 4 members (excludes halogenated alkanes) is 27. The van der Waals surface area contributed by atoms with E-state index in [-0.39, 0.29) is 0 Å². The summed E-state index contributed by atoms with van der Waals surface area (Å²) < 4.78 is 17.9. The third-order valence-electron chi connectivity index (χ3n) is 8.48. The van der Waals surface area contributed by atoms with E-state index >= 15 is 0 Å². The van der Waals surface area contributed by atoms with E-state index in [4.69, 9.17) is 18.4 Å². The molecule has 0 aromatic carbocycles. The zero-order chi connectivity index (χ0) is 30.0. The highest BCUT2D eigenvalue weighted by molar-refractivity contribution is 6.60. The summed E-state index contributed by atoms with van der Waals surface area (Å²) in [4.78, 5) is 0. The van der Waals surface area contributed by atoms with Crippen LogP contribution in [0, 0.1) is 0 Å². The number of rotatable bonds is 36. The van der Waals surface area contributed by atoms with Gasteiger partial charge in [-0.3, -0.25) is 0 Å². The second-order valence-corrected chi connectivity index (χ2v) is 15.1. The Hall–Kier alpha value is 0.0569. The summed E-state index contributed by atoms with van der Waals surface area (Å²) in [6.07, 6.45) is 38.9. The fourth-order valence-corrected chi connectivity index (χ4v) is 8.74. The topological polar surface area (TPSA) is 47.9 Å². The zero-order valence-corrected chi connectivity index (χ0v) is 29.5. The second kappa shape index (κ2) is 34.5. The van der Waals surface area contributed by atoms with E-state index in [0.29, 0.717) is 26.4 Å². The monoisotopic (exact) mass is 601 g/mol. The van der Waals surface area contributed by atoms with Crippen LogP contribution in [0.3, 0.4) is 0 Å². The van der Waals surface area contributed by atoms with Gasteiger partial charge in [0.15, 0.2) is 0 Å². The Bertz CT molecular complexity index is 459. The zero-order valence-electron chi connectivity index (χ0n) is 28.5. The molecule has 0 spiro atoms. The van der Waals surface area contributed by atoms with Crippen molar-refractivity contribution in [2.24, 2.45) is 0 Å². The summed E-state index contributed by atoms with van der Waals surface area (Å²) in [5.41, 5.74) is 0. The van der Waals surface area contributed by atoms with Gasteiger partial charge in [-0.2, -0.15) is 0 Å². The predicted molar refractivity (Wildman–Crippen MR) is 182 cm³/mol. The van der Waals surface area contributed by atoms with Crippen LogP contribution in [-0.4, -0.2) is 40.3 Å². The van der Waals surface area contributed by atoms with Gasteiger partial charge in [0.05, 0.1) is 0 Å². The molecule has 0 bridgehead atoms. The molecule has 0 heterocycles. The van der Waals surface area contributed by atoms with E-state index in [1.807, 2.05) is 20.8 Å². The third kappa shape index (κ3) is 29.9. The molecule has 0 saturated heterocycles. The van der Waals surface area contributed by atoms with Gasteiger partial charge < -0.3 is 18.4 Å². The number of hydrogen-bond donors (Lipinski definition) is 1. The molecule has 248 valence electrons. The Labute approximate surface area is 259 Å². The highest BCUT2D eigenvalue weighted by Crippen LogP contribution is 2.21. The lowest BCUT2D eigenvalue weighted by Crippen LogP contribution is -2.45. The average Bonchev–Trinajstić information content (AvgIpc) is 2.97. The highest BCUT2D eigenvalue weighted by Gasteiger charge is 2.39. The molecular weight excluding hydrogens is 524 g/mol. The summed E-state index contributed by atoms with van der Waals surface area (Å²) >= 11 is 0. The van der Waals surface area contributed by atoms with Gasteiger partial charge in [-0.1, -0.05) is 167 Å². The van der Waals surface area contributed by atoms with Crippen LogP contribution in [0.15, 0.2) is 0 Å². The van der Waals surface area contributed by atoms with Gasteiger partial charge in [-0.05, 0) is 33.6 Å². The number of aliphatic hydroxyl groups excluding tert-OH is 1. The summed E-state index contributed by atoms with van der Waals surface area (Å²) in [5.74, 6) is 0. The standard InChI is InChI=1S/C36H76O4Si/c1-4-38-41(39-5-2,40-6-3)36-34-32-30-28-26-24-22-20-18-16-14-12-10-8-7-9-11-13-15-17-19-21-23-25-27-29-31-33-35-37/h37H,4-36H2,1-3H3. The first-order chi connectivity index (χ1) is 20.2. The third-order valence-corrected chi connectivity index (χ3v) is 11.6. The Kier molecular flexibility index (Phi) is 34.6. The molecule has 4 nitrogen and oxygen atoms in total. The van der Waals surface area contributed by atoms with Crippen LogP contribution in [-0.2, 0) is 13.3 Å². The van der Waals surface area contributed by atoms with Crippen molar-refractivity contribution < 1.29 is 18.4 Å². The Morgan fingerprint density at radius 2 is 0.512 bits per heavy atom. The van der Waals surface area contributed by atoms with Crippen molar-refractivity contribution in [2.75, 3.05) is 26.4 Å². The lowest BCUT2D eigenvalue weighted by molar-refractivity contribution is 0.0706. The summed E-state index contributed by atoms with van der Waals surface area (Å²) in [5, 5.41) is 8.79. The molecule has 5 heteroatoms. The minimum Gasteiger partial charge on any atom is -0.396 e. The molecule has 0 aromatic rings. The summed E-state index contributed by atoms with van der Waals surface area (Å²) in [6, 6.07) is 0.970. The molecule has 0 aliphatic heterocycles. The van der Waals surface area contributed by atoms with Gasteiger partial charge in [0, 0.05) is 32.5 Å². The van der Waals surface area contributed by atoms with Crippen LogP contribution >= 0.6 is 0 Å². The quantitative estimate of drug-likeness (QED) is 0.0574. The number of hydrogen-bond acceptors (Lipinski definition) is 4. The van der Waals surface area contributed by atoms with Crippen molar-refractivity contribution >= 4 is 8.80 Å². The Morgan fingerprint density at radius 1 is 0.317 bits per heavy atom. The lowest BCUT2D eigenvalue weighted by atomic mass is 10.0. The molecule has 0 rings (SSSR count). The van der Waals surface area contributed by atoms with Crippen LogP contribution in [0.1, 0.15) is 201 Å². The normalized spacial score (nSPS) is 12.0. The largest absolute Gasteiger partial charge is 0.500 e. The van der Waals surface area contributed by atoms with E-state index < -0.39 is 8.80 Å². The maximum Gasteiger partial charge on any atom is 0.500 e. The Balaban J connectivity index is 3.25. The predicted octanol–water partition coefficient (Wildman–Crippen LogP) is 11.9. The molecule has 0 radical (unpaired) electrons. The summed E-state index contributed by atoms with van der Waals surface area (Å²) in [6.45, 7) is 8.54. The van der Waals surface area contributed by atoms with Crippen LogP contribution in [0.2, 0.25) is 6.04 Å². The molecule has 0 unspecified atom stereocenters. The minimum atomic E-state index is -2.42. The molecular formula is C36H76O4Si. The van der Waals surface area contributed by atoms with Gasteiger partial charge in [-0.25, -0.2) is 0 Å². The van der Waals surface area contributed by atoms with Crippen LogP contribution in [0.5, 0.6) is 0 Å². The molecule has 0 atom stereocenters. The average molecular weight is 601 g/mol. The van der Waals surface area contributed by atoms with Crippen molar-refractivity contribution in [2.45, 2.75) is 207 Å². The van der Waals surface area contributed by atoms with E-state index in [0.717, 1.165) is 12.5 Å². The van der Waals surface area contributed by atoms with E-state index in [2.05, 4.69) is 0 Å². The van der Waals surface area contributed by atoms with Crippen LogP contribution in [0.4, 0.5) is 0 Å². The maximum atomic E-state index is 8.79. The van der Waals surface area contributed by atoms with Gasteiger partial charge in [-0.15, -0.1) is 0 Å². The summed E-state index contributed by atoms with van der Waals surface area (Å²) in [7, 11) is -2.42. The van der Waals surface area contributed by atoms with Crippen molar-refractivity contribution in [3.63, 3.8) is 0 Å². The van der Waals surface area contributed by atoms with Gasteiger partial charge in [0.1, 0.15) is 0 Å². The molecule has 0 aromatic heterocycles. The van der Waals surface area contributed by atoms with Gasteiger partial charge in [0.25, 0.3) is 0 Å². The van der Waals surface area contributed by atoms with Crippen molar-refractivity contribution in [3.8, 4) is 0 Å². The van der Waals surface area contributed by atoms with Gasteiger partial charge in [0.2, 0.25) is 0 Å². The minimum absolute atomic E-state index is 0.369. The van der Waals surface area contributed by atoms with Gasteiger partial charge >= 0.3 is 8.80 Å². The molecule has 0 aliphatic rings. The fourth-order valence-electron chi connectivity index (χ4n) is 6.05. The van der Waals surface area contributed by atoms with E-state index in [1.54, 1.807) is 0 Å². The van der Waals surface area contributed by atoms with Crippen LogP contribution in [0.25, 0.3) is 0 Å². The number of aliphatic hydroxyl groups is 1.